The van der Waals surface area contributed by atoms with Crippen LogP contribution < -0.4 is 11.2 Å². The van der Waals surface area contributed by atoms with E-state index in [4.69, 9.17) is 9.57 Å². The average Bonchev–Trinajstić information content (AvgIpc) is 3.12. The molecule has 0 bridgehead atoms. The lowest BCUT2D eigenvalue weighted by Gasteiger charge is -2.19. The number of amides is 2. The Morgan fingerprint density at radius 1 is 1.11 bits per heavy atom. The van der Waals surface area contributed by atoms with Crippen LogP contribution in [0.1, 0.15) is 33.4 Å². The number of aromatic amines is 1. The molecule has 0 radical (unpaired) electrons. The summed E-state index contributed by atoms with van der Waals surface area (Å²) in [6.45, 7) is -0.263. The van der Waals surface area contributed by atoms with E-state index >= 15 is 0 Å². The highest BCUT2D eigenvalue weighted by molar-refractivity contribution is 6.20. The first-order valence-electron chi connectivity index (χ1n) is 8.21. The fourth-order valence-corrected chi connectivity index (χ4v) is 3.12. The van der Waals surface area contributed by atoms with Crippen LogP contribution >= 0.6 is 0 Å². The molecule has 1 aromatic heterocycles. The third-order valence-electron chi connectivity index (χ3n) is 4.49. The number of nitrogens with zero attached hydrogens (tertiary/aromatic N) is 2. The average molecular weight is 373 g/mol. The smallest absolute Gasteiger partial charge is 0.330 e. The van der Waals surface area contributed by atoms with Crippen molar-refractivity contribution in [2.75, 3.05) is 6.61 Å². The monoisotopic (exact) mass is 373 g/mol. The fourth-order valence-electron chi connectivity index (χ4n) is 3.12. The molecular formula is C17H15N3O7. The van der Waals surface area contributed by atoms with Gasteiger partial charge in [0.15, 0.2) is 0 Å². The van der Waals surface area contributed by atoms with E-state index < -0.39 is 41.5 Å². The number of rotatable bonds is 4. The molecule has 0 spiro atoms. The summed E-state index contributed by atoms with van der Waals surface area (Å²) in [6, 6.07) is 7.50. The zero-order chi connectivity index (χ0) is 19.1. The fraction of sp³-hybridized carbons (Fsp3) is 0.294. The van der Waals surface area contributed by atoms with E-state index in [1.54, 1.807) is 12.1 Å². The maximum absolute atomic E-state index is 12.3. The highest BCUT2D eigenvalue weighted by atomic mass is 16.7. The van der Waals surface area contributed by atoms with Gasteiger partial charge in [-0.15, -0.1) is 5.06 Å². The topological polar surface area (TPSA) is 131 Å². The molecule has 140 valence electrons. The molecule has 2 amide bonds. The van der Waals surface area contributed by atoms with Crippen molar-refractivity contribution >= 4 is 11.8 Å². The number of ether oxygens (including phenoxy) is 1. The summed E-state index contributed by atoms with van der Waals surface area (Å²) in [5.74, 6) is -1.17. The second-order valence-corrected chi connectivity index (χ2v) is 6.20. The molecule has 3 heterocycles. The van der Waals surface area contributed by atoms with Crippen LogP contribution in [0.3, 0.4) is 0 Å². The minimum atomic E-state index is -0.982. The third kappa shape index (κ3) is 2.99. The van der Waals surface area contributed by atoms with Crippen molar-refractivity contribution in [2.24, 2.45) is 0 Å². The number of aromatic nitrogens is 2. The van der Waals surface area contributed by atoms with E-state index in [-0.39, 0.29) is 24.2 Å². The van der Waals surface area contributed by atoms with E-state index in [9.17, 15) is 24.3 Å². The number of benzene rings is 1. The molecule has 4 rings (SSSR count). The molecule has 10 heteroatoms. The van der Waals surface area contributed by atoms with Crippen molar-refractivity contribution < 1.29 is 24.3 Å². The van der Waals surface area contributed by atoms with Gasteiger partial charge in [0.1, 0.15) is 18.9 Å². The molecule has 0 unspecified atom stereocenters. The predicted molar refractivity (Wildman–Crippen MR) is 88.8 cm³/mol. The van der Waals surface area contributed by atoms with Gasteiger partial charge in [0.25, 0.3) is 17.4 Å². The molecule has 0 aliphatic carbocycles. The SMILES string of the molecule is O=C1c2ccccc2C(=O)N1OC[C@H]1O[C@@H](n2ccc(=O)[nH]c2=O)C[C@@H]1O. The molecule has 1 fully saturated rings. The Balaban J connectivity index is 1.44. The summed E-state index contributed by atoms with van der Waals surface area (Å²) in [6.07, 6.45) is -1.30. The van der Waals surface area contributed by atoms with Crippen molar-refractivity contribution in [2.45, 2.75) is 24.9 Å². The first-order chi connectivity index (χ1) is 13.0. The van der Waals surface area contributed by atoms with Crippen LogP contribution in [0.25, 0.3) is 0 Å². The van der Waals surface area contributed by atoms with Crippen molar-refractivity contribution in [1.29, 1.82) is 0 Å². The minimum Gasteiger partial charge on any atom is -0.390 e. The molecule has 1 aromatic carbocycles. The van der Waals surface area contributed by atoms with Gasteiger partial charge in [0.05, 0.1) is 17.2 Å². The zero-order valence-electron chi connectivity index (χ0n) is 13.9. The number of hydrogen-bond donors (Lipinski definition) is 2. The lowest BCUT2D eigenvalue weighted by molar-refractivity contribution is -0.141. The minimum absolute atomic E-state index is 0.0854. The van der Waals surface area contributed by atoms with Crippen molar-refractivity contribution in [3.8, 4) is 0 Å². The van der Waals surface area contributed by atoms with Crippen LogP contribution in [-0.2, 0) is 9.57 Å². The van der Waals surface area contributed by atoms with Gasteiger partial charge < -0.3 is 9.84 Å². The van der Waals surface area contributed by atoms with Gasteiger partial charge in [-0.05, 0) is 12.1 Å². The van der Waals surface area contributed by atoms with Crippen LogP contribution in [0, 0.1) is 0 Å². The van der Waals surface area contributed by atoms with Gasteiger partial charge in [-0.25, -0.2) is 4.79 Å². The maximum atomic E-state index is 12.3. The number of H-pyrrole nitrogens is 1. The number of hydroxylamine groups is 2. The lowest BCUT2D eigenvalue weighted by Crippen LogP contribution is -2.36. The predicted octanol–water partition coefficient (Wildman–Crippen LogP) is -0.587. The number of fused-ring (bicyclic) bond motifs is 1. The van der Waals surface area contributed by atoms with Crippen LogP contribution in [0.4, 0.5) is 0 Å². The molecule has 2 aliphatic rings. The number of imide groups is 1. The van der Waals surface area contributed by atoms with Crippen LogP contribution in [0.2, 0.25) is 0 Å². The summed E-state index contributed by atoms with van der Waals surface area (Å²) < 4.78 is 6.75. The lowest BCUT2D eigenvalue weighted by atomic mass is 10.1. The second kappa shape index (κ2) is 6.58. The Morgan fingerprint density at radius 3 is 2.41 bits per heavy atom. The molecule has 10 nitrogen and oxygen atoms in total. The van der Waals surface area contributed by atoms with Crippen LogP contribution in [0.5, 0.6) is 0 Å². The van der Waals surface area contributed by atoms with Gasteiger partial charge in [0, 0.05) is 18.7 Å². The second-order valence-electron chi connectivity index (χ2n) is 6.20. The summed E-state index contributed by atoms with van der Waals surface area (Å²) in [7, 11) is 0. The van der Waals surface area contributed by atoms with E-state index in [2.05, 4.69) is 4.98 Å². The molecular weight excluding hydrogens is 358 g/mol. The Labute approximate surface area is 151 Å². The van der Waals surface area contributed by atoms with E-state index in [0.29, 0.717) is 5.06 Å². The number of nitrogens with one attached hydrogen (secondary N) is 1. The van der Waals surface area contributed by atoms with E-state index in [1.807, 2.05) is 0 Å². The van der Waals surface area contributed by atoms with Gasteiger partial charge in [0.2, 0.25) is 0 Å². The van der Waals surface area contributed by atoms with E-state index in [0.717, 1.165) is 4.57 Å². The number of carbonyl (C=O) groups is 2. The van der Waals surface area contributed by atoms with Crippen molar-refractivity contribution in [1.82, 2.24) is 14.6 Å². The molecule has 2 N–H and O–H groups in total. The molecule has 3 atom stereocenters. The highest BCUT2D eigenvalue weighted by Gasteiger charge is 2.40. The Hall–Kier alpha value is -3.08. The first-order valence-corrected chi connectivity index (χ1v) is 8.21. The molecule has 2 aromatic rings. The Kier molecular flexibility index (Phi) is 4.22. The molecule has 1 saturated heterocycles. The van der Waals surface area contributed by atoms with Gasteiger partial charge in [-0.2, -0.15) is 0 Å². The highest BCUT2D eigenvalue weighted by Crippen LogP contribution is 2.29. The van der Waals surface area contributed by atoms with Crippen LogP contribution in [0.15, 0.2) is 46.1 Å². The molecule has 0 saturated carbocycles. The van der Waals surface area contributed by atoms with Gasteiger partial charge in [-0.1, -0.05) is 12.1 Å². The van der Waals surface area contributed by atoms with Gasteiger partial charge in [-0.3, -0.25) is 28.8 Å². The molecule has 27 heavy (non-hydrogen) atoms. The van der Waals surface area contributed by atoms with Crippen LogP contribution in [-0.4, -0.2) is 50.3 Å². The summed E-state index contributed by atoms with van der Waals surface area (Å²) >= 11 is 0. The number of hydrogen-bond acceptors (Lipinski definition) is 7. The van der Waals surface area contributed by atoms with Crippen molar-refractivity contribution in [3.05, 3.63) is 68.5 Å². The largest absolute Gasteiger partial charge is 0.390 e. The van der Waals surface area contributed by atoms with Crippen molar-refractivity contribution in [3.63, 3.8) is 0 Å². The normalized spacial score (nSPS) is 24.5. The Morgan fingerprint density at radius 2 is 1.78 bits per heavy atom. The number of aliphatic hydroxyl groups is 1. The number of carbonyl (C=O) groups excluding carboxylic acids is 2. The summed E-state index contributed by atoms with van der Waals surface area (Å²) in [4.78, 5) is 54.9. The summed E-state index contributed by atoms with van der Waals surface area (Å²) in [5.41, 5.74) is -0.719. The van der Waals surface area contributed by atoms with Gasteiger partial charge >= 0.3 is 5.69 Å². The van der Waals surface area contributed by atoms with E-state index in [1.165, 1.54) is 24.4 Å². The zero-order valence-corrected chi connectivity index (χ0v) is 13.9. The first kappa shape index (κ1) is 17.3. The standard InChI is InChI=1S/C17H15N3O7/c21-11-7-14(19-6-5-13(22)18-17(19)25)27-12(11)8-26-20-15(23)9-3-1-2-4-10(9)16(20)24/h1-6,11-12,14,21H,7-8H2,(H,18,22,25)/t11-,12+,14+/m0/s1. The third-order valence-corrected chi connectivity index (χ3v) is 4.49. The quantitative estimate of drug-likeness (QED) is 0.685. The molecule has 2 aliphatic heterocycles. The maximum Gasteiger partial charge on any atom is 0.330 e. The number of aliphatic hydroxyl groups excluding tert-OH is 1. The summed E-state index contributed by atoms with van der Waals surface area (Å²) in [5, 5.41) is 10.8. The Bertz CT molecular complexity index is 992.